The van der Waals surface area contributed by atoms with Gasteiger partial charge in [-0.1, -0.05) is 0 Å². The maximum Gasteiger partial charge on any atom is 0.195 e. The smallest absolute Gasteiger partial charge is 0.195 e. The van der Waals surface area contributed by atoms with Crippen molar-refractivity contribution in [2.24, 2.45) is 5.73 Å². The van der Waals surface area contributed by atoms with Gasteiger partial charge >= 0.3 is 0 Å². The Morgan fingerprint density at radius 2 is 2.08 bits per heavy atom. The molecule has 0 bridgehead atoms. The number of furan rings is 1. The van der Waals surface area contributed by atoms with Crippen LogP contribution in [0.1, 0.15) is 18.6 Å². The van der Waals surface area contributed by atoms with E-state index in [1.165, 1.54) is 12.8 Å². The third-order valence-electron chi connectivity index (χ3n) is 2.46. The standard InChI is InChI=1S/C10H16N2O/c11-6-5-9-3-4-10(13-9)12-7-1-2-8-12/h3-4H,1-2,5-8,11H2. The summed E-state index contributed by atoms with van der Waals surface area (Å²) < 4.78 is 5.65. The lowest BCUT2D eigenvalue weighted by Crippen LogP contribution is -2.16. The zero-order valence-electron chi connectivity index (χ0n) is 7.83. The molecule has 0 spiro atoms. The molecule has 0 aromatic carbocycles. The van der Waals surface area contributed by atoms with E-state index in [9.17, 15) is 0 Å². The molecule has 1 aliphatic rings. The van der Waals surface area contributed by atoms with Gasteiger partial charge in [0.05, 0.1) is 0 Å². The van der Waals surface area contributed by atoms with E-state index in [-0.39, 0.29) is 0 Å². The molecular weight excluding hydrogens is 164 g/mol. The summed E-state index contributed by atoms with van der Waals surface area (Å²) in [5.74, 6) is 2.02. The van der Waals surface area contributed by atoms with Crippen LogP contribution in [0.15, 0.2) is 16.5 Å². The van der Waals surface area contributed by atoms with Crippen molar-refractivity contribution in [2.45, 2.75) is 19.3 Å². The second-order valence-electron chi connectivity index (χ2n) is 3.47. The van der Waals surface area contributed by atoms with Crippen molar-refractivity contribution in [3.63, 3.8) is 0 Å². The maximum absolute atomic E-state index is 5.65. The molecule has 13 heavy (non-hydrogen) atoms. The molecule has 0 atom stereocenters. The first-order valence-corrected chi connectivity index (χ1v) is 4.94. The van der Waals surface area contributed by atoms with Gasteiger partial charge < -0.3 is 15.1 Å². The minimum absolute atomic E-state index is 0.660. The van der Waals surface area contributed by atoms with Crippen LogP contribution < -0.4 is 10.6 Å². The predicted molar refractivity (Wildman–Crippen MR) is 52.9 cm³/mol. The number of nitrogens with two attached hydrogens (primary N) is 1. The van der Waals surface area contributed by atoms with Crippen molar-refractivity contribution < 1.29 is 4.42 Å². The first-order chi connectivity index (χ1) is 6.40. The van der Waals surface area contributed by atoms with Crippen LogP contribution in [-0.4, -0.2) is 19.6 Å². The van der Waals surface area contributed by atoms with Gasteiger partial charge in [-0.25, -0.2) is 0 Å². The second-order valence-corrected chi connectivity index (χ2v) is 3.47. The Kier molecular flexibility index (Phi) is 2.54. The molecule has 2 rings (SSSR count). The van der Waals surface area contributed by atoms with Crippen LogP contribution in [0.2, 0.25) is 0 Å². The van der Waals surface area contributed by atoms with E-state index in [1.54, 1.807) is 0 Å². The van der Waals surface area contributed by atoms with Gasteiger partial charge in [-0.15, -0.1) is 0 Å². The van der Waals surface area contributed by atoms with Gasteiger partial charge in [0, 0.05) is 25.6 Å². The quantitative estimate of drug-likeness (QED) is 0.764. The summed E-state index contributed by atoms with van der Waals surface area (Å²) in [6, 6.07) is 4.08. The first-order valence-electron chi connectivity index (χ1n) is 4.94. The fraction of sp³-hybridized carbons (Fsp3) is 0.600. The summed E-state index contributed by atoms with van der Waals surface area (Å²) in [5, 5.41) is 0. The molecule has 3 nitrogen and oxygen atoms in total. The van der Waals surface area contributed by atoms with Crippen LogP contribution in [-0.2, 0) is 6.42 Å². The molecule has 1 fully saturated rings. The van der Waals surface area contributed by atoms with Gasteiger partial charge in [-0.05, 0) is 25.5 Å². The van der Waals surface area contributed by atoms with E-state index in [0.29, 0.717) is 6.54 Å². The molecule has 1 aromatic rings. The summed E-state index contributed by atoms with van der Waals surface area (Å²) in [6.07, 6.45) is 3.41. The molecule has 1 aromatic heterocycles. The first kappa shape index (κ1) is 8.63. The fourth-order valence-corrected chi connectivity index (χ4v) is 1.75. The highest BCUT2D eigenvalue weighted by atomic mass is 16.4. The molecular formula is C10H16N2O. The summed E-state index contributed by atoms with van der Waals surface area (Å²) in [6.45, 7) is 2.93. The highest BCUT2D eigenvalue weighted by molar-refractivity contribution is 5.37. The molecule has 2 heterocycles. The Hall–Kier alpha value is -0.960. The van der Waals surface area contributed by atoms with Gasteiger partial charge in [0.2, 0.25) is 0 Å². The van der Waals surface area contributed by atoms with Crippen molar-refractivity contribution >= 4 is 5.88 Å². The van der Waals surface area contributed by atoms with Gasteiger partial charge in [-0.3, -0.25) is 0 Å². The molecule has 0 aliphatic carbocycles. The van der Waals surface area contributed by atoms with E-state index in [2.05, 4.69) is 11.0 Å². The zero-order valence-corrected chi connectivity index (χ0v) is 7.83. The number of nitrogens with zero attached hydrogens (tertiary/aromatic N) is 1. The molecule has 0 radical (unpaired) electrons. The predicted octanol–water partition coefficient (Wildman–Crippen LogP) is 1.38. The Bertz CT molecular complexity index is 264. The molecule has 1 saturated heterocycles. The van der Waals surface area contributed by atoms with Gasteiger partial charge in [0.1, 0.15) is 5.76 Å². The van der Waals surface area contributed by atoms with Crippen LogP contribution in [0.5, 0.6) is 0 Å². The monoisotopic (exact) mass is 180 g/mol. The van der Waals surface area contributed by atoms with Crippen molar-refractivity contribution in [1.29, 1.82) is 0 Å². The molecule has 3 heteroatoms. The number of hydrogen-bond donors (Lipinski definition) is 1. The van der Waals surface area contributed by atoms with Gasteiger partial charge in [0.15, 0.2) is 5.88 Å². The van der Waals surface area contributed by atoms with Crippen LogP contribution >= 0.6 is 0 Å². The average Bonchev–Trinajstić information content (AvgIpc) is 2.70. The van der Waals surface area contributed by atoms with Crippen LogP contribution in [0, 0.1) is 0 Å². The van der Waals surface area contributed by atoms with Crippen molar-refractivity contribution in [3.05, 3.63) is 17.9 Å². The average molecular weight is 180 g/mol. The summed E-state index contributed by atoms with van der Waals surface area (Å²) >= 11 is 0. The summed E-state index contributed by atoms with van der Waals surface area (Å²) in [4.78, 5) is 2.29. The summed E-state index contributed by atoms with van der Waals surface area (Å²) in [7, 11) is 0. The van der Waals surface area contributed by atoms with E-state index < -0.39 is 0 Å². The third kappa shape index (κ3) is 1.86. The molecule has 0 saturated carbocycles. The van der Waals surface area contributed by atoms with Crippen molar-refractivity contribution in [3.8, 4) is 0 Å². The van der Waals surface area contributed by atoms with E-state index in [0.717, 1.165) is 31.2 Å². The third-order valence-corrected chi connectivity index (χ3v) is 2.46. The number of anilines is 1. The minimum Gasteiger partial charge on any atom is -0.446 e. The number of hydrogen-bond acceptors (Lipinski definition) is 3. The normalized spacial score (nSPS) is 16.8. The van der Waals surface area contributed by atoms with Gasteiger partial charge in [0.25, 0.3) is 0 Å². The molecule has 72 valence electrons. The van der Waals surface area contributed by atoms with Crippen molar-refractivity contribution in [1.82, 2.24) is 0 Å². The maximum atomic E-state index is 5.65. The Morgan fingerprint density at radius 1 is 1.31 bits per heavy atom. The van der Waals surface area contributed by atoms with Crippen LogP contribution in [0.25, 0.3) is 0 Å². The highest BCUT2D eigenvalue weighted by Crippen LogP contribution is 2.22. The Labute approximate surface area is 78.5 Å². The second kappa shape index (κ2) is 3.83. The number of rotatable bonds is 3. The SMILES string of the molecule is NCCc1ccc(N2CCCC2)o1. The minimum atomic E-state index is 0.660. The molecule has 1 aliphatic heterocycles. The van der Waals surface area contributed by atoms with Crippen LogP contribution in [0.4, 0.5) is 5.88 Å². The van der Waals surface area contributed by atoms with Crippen molar-refractivity contribution in [2.75, 3.05) is 24.5 Å². The molecule has 0 unspecified atom stereocenters. The van der Waals surface area contributed by atoms with E-state index in [1.807, 2.05) is 6.07 Å². The summed E-state index contributed by atoms with van der Waals surface area (Å²) in [5.41, 5.74) is 5.45. The lowest BCUT2D eigenvalue weighted by atomic mass is 10.3. The molecule has 0 amide bonds. The topological polar surface area (TPSA) is 42.4 Å². The van der Waals surface area contributed by atoms with E-state index >= 15 is 0 Å². The lowest BCUT2D eigenvalue weighted by Gasteiger charge is -2.12. The Balaban J connectivity index is 2.03. The van der Waals surface area contributed by atoms with E-state index in [4.69, 9.17) is 10.2 Å². The largest absolute Gasteiger partial charge is 0.446 e. The molecule has 2 N–H and O–H groups in total. The van der Waals surface area contributed by atoms with Gasteiger partial charge in [-0.2, -0.15) is 0 Å². The van der Waals surface area contributed by atoms with Crippen LogP contribution in [0.3, 0.4) is 0 Å². The fourth-order valence-electron chi connectivity index (χ4n) is 1.75. The lowest BCUT2D eigenvalue weighted by molar-refractivity contribution is 0.506. The zero-order chi connectivity index (χ0) is 9.10. The highest BCUT2D eigenvalue weighted by Gasteiger charge is 2.15. The Morgan fingerprint density at radius 3 is 2.77 bits per heavy atom.